The number of nitrogens with zero attached hydrogens (tertiary/aromatic N) is 3. The number of rotatable bonds is 7. The second-order valence-electron chi connectivity index (χ2n) is 8.19. The lowest BCUT2D eigenvalue weighted by atomic mass is 10.1. The summed E-state index contributed by atoms with van der Waals surface area (Å²) in [6.07, 6.45) is 4.44. The summed E-state index contributed by atoms with van der Waals surface area (Å²) < 4.78 is 27.9. The number of carbonyl (C=O) groups is 2. The van der Waals surface area contributed by atoms with Crippen LogP contribution in [-0.4, -0.2) is 53.5 Å². The third-order valence-corrected chi connectivity index (χ3v) is 7.42. The van der Waals surface area contributed by atoms with Crippen LogP contribution in [-0.2, 0) is 26.0 Å². The molecular formula is C23H24N4O6S. The van der Waals surface area contributed by atoms with Gasteiger partial charge in [-0.25, -0.2) is 8.42 Å². The van der Waals surface area contributed by atoms with E-state index in [1.165, 1.54) is 30.5 Å². The Labute approximate surface area is 196 Å². The number of hydrogen-bond acceptors (Lipinski definition) is 6. The van der Waals surface area contributed by atoms with Gasteiger partial charge in [-0.1, -0.05) is 18.2 Å². The number of hydrogen-bond donors (Lipinski definition) is 1. The molecule has 4 rings (SSSR count). The molecule has 178 valence electrons. The maximum absolute atomic E-state index is 13.1. The highest BCUT2D eigenvalue weighted by Gasteiger charge is 2.26. The van der Waals surface area contributed by atoms with Crippen molar-refractivity contribution in [2.24, 2.45) is 0 Å². The Kier molecular flexibility index (Phi) is 6.64. The van der Waals surface area contributed by atoms with Crippen LogP contribution in [0.3, 0.4) is 0 Å². The number of likely N-dealkylation sites (tertiary alicyclic amines) is 1. The van der Waals surface area contributed by atoms with Gasteiger partial charge in [-0.05, 0) is 37.5 Å². The van der Waals surface area contributed by atoms with Crippen LogP contribution in [0, 0.1) is 10.1 Å². The zero-order valence-corrected chi connectivity index (χ0v) is 19.2. The predicted octanol–water partition coefficient (Wildman–Crippen LogP) is 2.97. The minimum atomic E-state index is -4.03. The van der Waals surface area contributed by atoms with Gasteiger partial charge in [0.25, 0.3) is 5.69 Å². The SMILES string of the molecule is O=C(CS(=O)(=O)c1cn(CC(=O)N2CCCCC2)c2ccccc12)Nc1ccc([N+](=O)[O-])cc1. The molecule has 1 fully saturated rings. The molecular weight excluding hydrogens is 460 g/mol. The zero-order chi connectivity index (χ0) is 24.3. The van der Waals surface area contributed by atoms with Crippen LogP contribution in [0.1, 0.15) is 19.3 Å². The van der Waals surface area contributed by atoms with Gasteiger partial charge in [0, 0.05) is 48.0 Å². The number of nitro groups is 1. The van der Waals surface area contributed by atoms with Crippen molar-refractivity contribution < 1.29 is 22.9 Å². The van der Waals surface area contributed by atoms with E-state index in [1.807, 2.05) is 0 Å². The van der Waals surface area contributed by atoms with Crippen molar-refractivity contribution in [2.45, 2.75) is 30.7 Å². The summed E-state index contributed by atoms with van der Waals surface area (Å²) in [4.78, 5) is 37.2. The molecule has 3 aromatic rings. The fraction of sp³-hybridized carbons (Fsp3) is 0.304. The van der Waals surface area contributed by atoms with Crippen molar-refractivity contribution in [3.05, 3.63) is 64.8 Å². The van der Waals surface area contributed by atoms with Crippen LogP contribution in [0.2, 0.25) is 0 Å². The highest BCUT2D eigenvalue weighted by Crippen LogP contribution is 2.27. The molecule has 10 nitrogen and oxygen atoms in total. The van der Waals surface area contributed by atoms with E-state index in [2.05, 4.69) is 5.32 Å². The minimum absolute atomic E-state index is 0.0189. The van der Waals surface area contributed by atoms with Crippen LogP contribution in [0.15, 0.2) is 59.6 Å². The fourth-order valence-corrected chi connectivity index (χ4v) is 5.46. The topological polar surface area (TPSA) is 132 Å². The molecule has 0 saturated carbocycles. The van der Waals surface area contributed by atoms with E-state index in [4.69, 9.17) is 0 Å². The normalized spacial score (nSPS) is 14.2. The molecule has 0 bridgehead atoms. The molecule has 2 amide bonds. The highest BCUT2D eigenvalue weighted by molar-refractivity contribution is 7.92. The van der Waals surface area contributed by atoms with Crippen molar-refractivity contribution >= 4 is 43.9 Å². The Morgan fingerprint density at radius 2 is 1.68 bits per heavy atom. The summed E-state index contributed by atoms with van der Waals surface area (Å²) in [5.41, 5.74) is 0.708. The standard InChI is InChI=1S/C23H24N4O6S/c28-22(24-17-8-10-18(11-9-17)27(30)31)16-34(32,33)21-14-26(20-7-3-2-6-19(20)21)15-23(29)25-12-4-1-5-13-25/h2-3,6-11,14H,1,4-5,12-13,15-16H2,(H,24,28). The number of non-ortho nitro benzene ring substituents is 1. The van der Waals surface area contributed by atoms with E-state index in [-0.39, 0.29) is 28.7 Å². The molecule has 1 N–H and O–H groups in total. The fourth-order valence-electron chi connectivity index (χ4n) is 4.09. The van der Waals surface area contributed by atoms with Crippen molar-refractivity contribution in [3.8, 4) is 0 Å². The van der Waals surface area contributed by atoms with Crippen LogP contribution >= 0.6 is 0 Å². The van der Waals surface area contributed by atoms with E-state index in [0.717, 1.165) is 19.3 Å². The maximum atomic E-state index is 13.1. The van der Waals surface area contributed by atoms with Gasteiger partial charge in [-0.15, -0.1) is 0 Å². The predicted molar refractivity (Wildman–Crippen MR) is 126 cm³/mol. The molecule has 11 heteroatoms. The van der Waals surface area contributed by atoms with E-state index in [9.17, 15) is 28.1 Å². The van der Waals surface area contributed by atoms with Gasteiger partial charge < -0.3 is 14.8 Å². The quantitative estimate of drug-likeness (QED) is 0.405. The second kappa shape index (κ2) is 9.64. The first-order valence-electron chi connectivity index (χ1n) is 10.9. The van der Waals surface area contributed by atoms with Gasteiger partial charge in [-0.3, -0.25) is 19.7 Å². The molecule has 1 aliphatic rings. The molecule has 0 spiro atoms. The number of fused-ring (bicyclic) bond motifs is 1. The Morgan fingerprint density at radius 3 is 2.35 bits per heavy atom. The maximum Gasteiger partial charge on any atom is 0.269 e. The summed E-state index contributed by atoms with van der Waals surface area (Å²) in [5, 5.41) is 13.7. The average Bonchev–Trinajstić information content (AvgIpc) is 3.19. The van der Waals surface area contributed by atoms with Crippen LogP contribution in [0.25, 0.3) is 10.9 Å². The second-order valence-corrected chi connectivity index (χ2v) is 10.1. The lowest BCUT2D eigenvalue weighted by molar-refractivity contribution is -0.384. The van der Waals surface area contributed by atoms with E-state index >= 15 is 0 Å². The van der Waals surface area contributed by atoms with Crippen molar-refractivity contribution in [3.63, 3.8) is 0 Å². The Balaban J connectivity index is 1.54. The molecule has 0 radical (unpaired) electrons. The molecule has 1 aromatic heterocycles. The van der Waals surface area contributed by atoms with E-state index in [0.29, 0.717) is 24.0 Å². The molecule has 2 aromatic carbocycles. The summed E-state index contributed by atoms with van der Waals surface area (Å²) in [6, 6.07) is 12.0. The smallest absolute Gasteiger partial charge is 0.269 e. The molecule has 1 aliphatic heterocycles. The lowest BCUT2D eigenvalue weighted by Gasteiger charge is -2.27. The number of anilines is 1. The van der Waals surface area contributed by atoms with Gasteiger partial charge in [0.15, 0.2) is 9.84 Å². The van der Waals surface area contributed by atoms with Crippen molar-refractivity contribution in [1.82, 2.24) is 9.47 Å². The Bertz CT molecular complexity index is 1340. The van der Waals surface area contributed by atoms with E-state index in [1.54, 1.807) is 33.7 Å². The average molecular weight is 485 g/mol. The summed E-state index contributed by atoms with van der Waals surface area (Å²) in [6.45, 7) is 1.42. The number of benzene rings is 2. The van der Waals surface area contributed by atoms with Crippen molar-refractivity contribution in [2.75, 3.05) is 24.2 Å². The Morgan fingerprint density at radius 1 is 1.00 bits per heavy atom. The van der Waals surface area contributed by atoms with Gasteiger partial charge in [0.1, 0.15) is 12.3 Å². The van der Waals surface area contributed by atoms with Gasteiger partial charge >= 0.3 is 0 Å². The summed E-state index contributed by atoms with van der Waals surface area (Å²) in [5.74, 6) is -1.65. The summed E-state index contributed by atoms with van der Waals surface area (Å²) in [7, 11) is -4.03. The molecule has 34 heavy (non-hydrogen) atoms. The number of carbonyl (C=O) groups excluding carboxylic acids is 2. The highest BCUT2D eigenvalue weighted by atomic mass is 32.2. The third kappa shape index (κ3) is 5.09. The van der Waals surface area contributed by atoms with Crippen LogP contribution < -0.4 is 5.32 Å². The lowest BCUT2D eigenvalue weighted by Crippen LogP contribution is -2.37. The molecule has 2 heterocycles. The van der Waals surface area contributed by atoms with Gasteiger partial charge in [-0.2, -0.15) is 0 Å². The molecule has 1 saturated heterocycles. The largest absolute Gasteiger partial charge is 0.341 e. The summed E-state index contributed by atoms with van der Waals surface area (Å²) >= 11 is 0. The van der Waals surface area contributed by atoms with E-state index < -0.39 is 26.4 Å². The van der Waals surface area contributed by atoms with Gasteiger partial charge in [0.2, 0.25) is 11.8 Å². The number of sulfone groups is 1. The Hall–Kier alpha value is -3.73. The number of nitro benzene ring substituents is 1. The monoisotopic (exact) mass is 484 g/mol. The first kappa shape index (κ1) is 23.4. The third-order valence-electron chi connectivity index (χ3n) is 5.78. The van der Waals surface area contributed by atoms with Crippen molar-refractivity contribution in [1.29, 1.82) is 0 Å². The molecule has 0 aliphatic carbocycles. The number of nitrogens with one attached hydrogen (secondary N) is 1. The number of piperidine rings is 1. The van der Waals surface area contributed by atoms with Crippen LogP contribution in [0.4, 0.5) is 11.4 Å². The molecule has 0 unspecified atom stereocenters. The first-order valence-corrected chi connectivity index (χ1v) is 12.5. The van der Waals surface area contributed by atoms with Crippen LogP contribution in [0.5, 0.6) is 0 Å². The number of amides is 2. The zero-order valence-electron chi connectivity index (χ0n) is 18.3. The number of para-hydroxylation sites is 1. The minimum Gasteiger partial charge on any atom is -0.341 e. The molecule has 0 atom stereocenters. The first-order chi connectivity index (χ1) is 16.2. The van der Waals surface area contributed by atoms with Gasteiger partial charge in [0.05, 0.1) is 9.82 Å². The number of aromatic nitrogens is 1.